The molecule has 1 saturated heterocycles. The zero-order chi connectivity index (χ0) is 21.5. The van der Waals surface area contributed by atoms with E-state index in [1.807, 2.05) is 77.7 Å². The third kappa shape index (κ3) is 5.63. The molecule has 1 fully saturated rings. The number of carbonyl (C=O) groups excluding carboxylic acids is 1. The second-order valence-corrected chi connectivity index (χ2v) is 8.15. The number of nitrogens with zero attached hydrogens (tertiary/aromatic N) is 2. The van der Waals surface area contributed by atoms with Gasteiger partial charge in [0, 0.05) is 6.04 Å². The van der Waals surface area contributed by atoms with Gasteiger partial charge in [0.05, 0.1) is 12.8 Å². The van der Waals surface area contributed by atoms with Gasteiger partial charge in [-0.2, -0.15) is 0 Å². The van der Waals surface area contributed by atoms with Crippen LogP contribution in [0.1, 0.15) is 35.8 Å². The van der Waals surface area contributed by atoms with Crippen molar-refractivity contribution < 1.29 is 13.9 Å². The summed E-state index contributed by atoms with van der Waals surface area (Å²) in [6.45, 7) is 2.49. The van der Waals surface area contributed by atoms with Crippen molar-refractivity contribution in [3.8, 4) is 0 Å². The van der Waals surface area contributed by atoms with E-state index in [-0.39, 0.29) is 24.7 Å². The van der Waals surface area contributed by atoms with Crippen molar-refractivity contribution in [3.63, 3.8) is 0 Å². The average Bonchev–Trinajstić information content (AvgIpc) is 3.33. The number of hydrogen-bond donors (Lipinski definition) is 0. The molecule has 31 heavy (non-hydrogen) atoms. The number of furan rings is 1. The van der Waals surface area contributed by atoms with Crippen molar-refractivity contribution in [1.29, 1.82) is 0 Å². The Labute approximate surface area is 184 Å². The molecule has 5 nitrogen and oxygen atoms in total. The van der Waals surface area contributed by atoms with Crippen LogP contribution in [0.4, 0.5) is 0 Å². The Hall–Kier alpha value is -2.89. The number of ether oxygens (including phenoxy) is 1. The van der Waals surface area contributed by atoms with E-state index in [2.05, 4.69) is 11.9 Å². The van der Waals surface area contributed by atoms with Crippen LogP contribution >= 0.6 is 0 Å². The van der Waals surface area contributed by atoms with Crippen molar-refractivity contribution in [3.05, 3.63) is 95.9 Å². The fourth-order valence-electron chi connectivity index (χ4n) is 4.18. The van der Waals surface area contributed by atoms with Crippen molar-refractivity contribution in [2.75, 3.05) is 26.7 Å². The number of amides is 1. The summed E-state index contributed by atoms with van der Waals surface area (Å²) in [6.07, 6.45) is 3.30. The Morgan fingerprint density at radius 3 is 2.16 bits per heavy atom. The Morgan fingerprint density at radius 2 is 1.61 bits per heavy atom. The Bertz CT molecular complexity index is 880. The highest BCUT2D eigenvalue weighted by Gasteiger charge is 2.28. The largest absolute Gasteiger partial charge is 0.467 e. The summed E-state index contributed by atoms with van der Waals surface area (Å²) in [7, 11) is 2.13. The van der Waals surface area contributed by atoms with Gasteiger partial charge in [-0.3, -0.25) is 4.79 Å². The Morgan fingerprint density at radius 1 is 1.00 bits per heavy atom. The second-order valence-electron chi connectivity index (χ2n) is 8.15. The van der Waals surface area contributed by atoms with E-state index < -0.39 is 0 Å². The average molecular weight is 419 g/mol. The van der Waals surface area contributed by atoms with Gasteiger partial charge in [0.15, 0.2) is 0 Å². The topological polar surface area (TPSA) is 45.9 Å². The molecule has 0 spiro atoms. The molecular formula is C26H30N2O3. The van der Waals surface area contributed by atoms with Crippen molar-refractivity contribution >= 4 is 5.91 Å². The van der Waals surface area contributed by atoms with E-state index in [4.69, 9.17) is 9.15 Å². The van der Waals surface area contributed by atoms with Crippen LogP contribution < -0.4 is 0 Å². The lowest BCUT2D eigenvalue weighted by molar-refractivity contribution is -0.142. The Balaban J connectivity index is 1.49. The molecule has 1 aliphatic rings. The molecule has 0 unspecified atom stereocenters. The van der Waals surface area contributed by atoms with Gasteiger partial charge in [-0.1, -0.05) is 60.7 Å². The minimum Gasteiger partial charge on any atom is -0.467 e. The van der Waals surface area contributed by atoms with Gasteiger partial charge in [0.2, 0.25) is 5.91 Å². The number of piperidine rings is 1. The van der Waals surface area contributed by atoms with E-state index >= 15 is 0 Å². The third-order valence-electron chi connectivity index (χ3n) is 5.93. The number of hydrogen-bond acceptors (Lipinski definition) is 4. The SMILES string of the molecule is CN1CCC(N(Cc2ccco2)C(=O)COC(c2ccccc2)c2ccccc2)CC1. The highest BCUT2D eigenvalue weighted by molar-refractivity contribution is 5.77. The first-order chi connectivity index (χ1) is 15.2. The first-order valence-corrected chi connectivity index (χ1v) is 10.9. The smallest absolute Gasteiger partial charge is 0.249 e. The molecule has 1 aromatic heterocycles. The zero-order valence-corrected chi connectivity index (χ0v) is 18.0. The van der Waals surface area contributed by atoms with Crippen molar-refractivity contribution in [2.45, 2.75) is 31.5 Å². The lowest BCUT2D eigenvalue weighted by Gasteiger charge is -2.37. The highest BCUT2D eigenvalue weighted by Crippen LogP contribution is 2.26. The standard InChI is InChI=1S/C26H30N2O3/c1-27-16-14-23(15-17-27)28(19-24-13-8-18-30-24)25(29)20-31-26(21-9-4-2-5-10-21)22-11-6-3-7-12-22/h2-13,18,23,26H,14-17,19-20H2,1H3. The molecule has 162 valence electrons. The van der Waals surface area contributed by atoms with E-state index in [0.29, 0.717) is 6.54 Å². The van der Waals surface area contributed by atoms with E-state index in [9.17, 15) is 4.79 Å². The van der Waals surface area contributed by atoms with E-state index in [1.54, 1.807) is 6.26 Å². The summed E-state index contributed by atoms with van der Waals surface area (Å²) in [4.78, 5) is 17.6. The minimum absolute atomic E-state index is 0.00261. The van der Waals surface area contributed by atoms with Crippen LogP contribution in [0.25, 0.3) is 0 Å². The normalized spacial score (nSPS) is 15.3. The molecule has 0 radical (unpaired) electrons. The van der Waals surface area contributed by atoms with Gasteiger partial charge >= 0.3 is 0 Å². The molecule has 0 saturated carbocycles. The van der Waals surface area contributed by atoms with Gasteiger partial charge in [-0.05, 0) is 56.2 Å². The molecule has 0 atom stereocenters. The molecular weight excluding hydrogens is 388 g/mol. The maximum Gasteiger partial charge on any atom is 0.249 e. The summed E-state index contributed by atoms with van der Waals surface area (Å²) in [5.41, 5.74) is 2.08. The number of rotatable bonds is 8. The summed E-state index contributed by atoms with van der Waals surface area (Å²) < 4.78 is 11.8. The van der Waals surface area contributed by atoms with Gasteiger partial charge in [-0.25, -0.2) is 0 Å². The summed E-state index contributed by atoms with van der Waals surface area (Å²) in [5, 5.41) is 0. The van der Waals surface area contributed by atoms with Crippen LogP contribution in [-0.2, 0) is 16.1 Å². The van der Waals surface area contributed by atoms with Crippen molar-refractivity contribution in [1.82, 2.24) is 9.80 Å². The highest BCUT2D eigenvalue weighted by atomic mass is 16.5. The predicted molar refractivity (Wildman–Crippen MR) is 120 cm³/mol. The first kappa shape index (κ1) is 21.3. The van der Waals surface area contributed by atoms with Crippen LogP contribution in [-0.4, -0.2) is 48.5 Å². The van der Waals surface area contributed by atoms with Gasteiger partial charge in [0.1, 0.15) is 18.5 Å². The molecule has 1 amide bonds. The second kappa shape index (κ2) is 10.4. The van der Waals surface area contributed by atoms with Crippen LogP contribution in [0.5, 0.6) is 0 Å². The van der Waals surface area contributed by atoms with E-state index in [1.165, 1.54) is 0 Å². The number of likely N-dealkylation sites (tertiary alicyclic amines) is 1. The van der Waals surface area contributed by atoms with E-state index in [0.717, 1.165) is 42.8 Å². The molecule has 0 aliphatic carbocycles. The van der Waals surface area contributed by atoms with Crippen LogP contribution in [0.15, 0.2) is 83.5 Å². The molecule has 0 N–H and O–H groups in total. The van der Waals surface area contributed by atoms with Gasteiger partial charge in [-0.15, -0.1) is 0 Å². The maximum absolute atomic E-state index is 13.4. The summed E-state index contributed by atoms with van der Waals surface area (Å²) in [5.74, 6) is 0.803. The fourth-order valence-corrected chi connectivity index (χ4v) is 4.18. The quantitative estimate of drug-likeness (QED) is 0.540. The van der Waals surface area contributed by atoms with Crippen LogP contribution in [0.2, 0.25) is 0 Å². The van der Waals surface area contributed by atoms with Crippen molar-refractivity contribution in [2.24, 2.45) is 0 Å². The fraction of sp³-hybridized carbons (Fsp3) is 0.346. The Kier molecular flexibility index (Phi) is 7.18. The monoisotopic (exact) mass is 418 g/mol. The van der Waals surface area contributed by atoms with Crippen LogP contribution in [0, 0.1) is 0 Å². The lowest BCUT2D eigenvalue weighted by Crippen LogP contribution is -2.47. The summed E-state index contributed by atoms with van der Waals surface area (Å²) in [6, 6.07) is 24.1. The first-order valence-electron chi connectivity index (χ1n) is 10.9. The molecule has 1 aliphatic heterocycles. The lowest BCUT2D eigenvalue weighted by atomic mass is 10.0. The molecule has 0 bridgehead atoms. The zero-order valence-electron chi connectivity index (χ0n) is 18.0. The van der Waals surface area contributed by atoms with Gasteiger partial charge in [0.25, 0.3) is 0 Å². The minimum atomic E-state index is -0.283. The molecule has 4 rings (SSSR count). The van der Waals surface area contributed by atoms with Gasteiger partial charge < -0.3 is 19.0 Å². The third-order valence-corrected chi connectivity index (χ3v) is 5.93. The molecule has 2 aromatic carbocycles. The summed E-state index contributed by atoms with van der Waals surface area (Å²) >= 11 is 0. The predicted octanol–water partition coefficient (Wildman–Crippen LogP) is 4.51. The van der Waals surface area contributed by atoms with Crippen LogP contribution in [0.3, 0.4) is 0 Å². The molecule has 2 heterocycles. The maximum atomic E-state index is 13.4. The number of carbonyl (C=O) groups is 1. The molecule has 3 aromatic rings. The number of benzene rings is 2. The molecule has 5 heteroatoms.